The van der Waals surface area contributed by atoms with Crippen molar-refractivity contribution in [1.82, 2.24) is 0 Å². The van der Waals surface area contributed by atoms with Crippen molar-refractivity contribution in [3.8, 4) is 28.4 Å². The van der Waals surface area contributed by atoms with E-state index < -0.39 is 69.0 Å². The lowest BCUT2D eigenvalue weighted by atomic mass is 9.99. The normalized spacial score (nSPS) is 11.2. The summed E-state index contributed by atoms with van der Waals surface area (Å²) in [6.07, 6.45) is 0. The fourth-order valence-corrected chi connectivity index (χ4v) is 3.39. The van der Waals surface area contributed by atoms with Gasteiger partial charge >= 0.3 is 0 Å². The molecule has 0 spiro atoms. The molecule has 0 saturated heterocycles. The largest absolute Gasteiger partial charge is 0.497 e. The summed E-state index contributed by atoms with van der Waals surface area (Å²) >= 11 is 0. The van der Waals surface area contributed by atoms with Crippen molar-refractivity contribution in [3.63, 3.8) is 0 Å². The zero-order valence-electron chi connectivity index (χ0n) is 17.3. The molecule has 4 aromatic carbocycles. The van der Waals surface area contributed by atoms with Gasteiger partial charge in [-0.1, -0.05) is 12.1 Å². The van der Waals surface area contributed by atoms with Gasteiger partial charge in [-0.2, -0.15) is 8.78 Å². The second-order valence-electron chi connectivity index (χ2n) is 7.19. The summed E-state index contributed by atoms with van der Waals surface area (Å²) in [5, 5.41) is 1.17. The van der Waals surface area contributed by atoms with Crippen LogP contribution in [-0.4, -0.2) is 7.11 Å². The molecule has 0 unspecified atom stereocenters. The molecule has 0 aliphatic heterocycles. The molecule has 0 aliphatic carbocycles. The van der Waals surface area contributed by atoms with Crippen molar-refractivity contribution in [2.24, 2.45) is 0 Å². The van der Waals surface area contributed by atoms with Crippen LogP contribution in [0.25, 0.3) is 21.9 Å². The molecular weight excluding hydrogens is 472 g/mol. The summed E-state index contributed by atoms with van der Waals surface area (Å²) in [6, 6.07) is 8.93. The average Bonchev–Trinajstić information content (AvgIpc) is 2.84. The molecule has 0 aliphatic rings. The minimum atomic E-state index is -2.31. The molecule has 0 N–H and O–H groups in total. The Morgan fingerprint density at radius 3 is 1.47 bits per heavy atom. The van der Waals surface area contributed by atoms with Crippen molar-refractivity contribution in [2.45, 2.75) is 6.92 Å². The average molecular weight is 484 g/mol. The van der Waals surface area contributed by atoms with Crippen molar-refractivity contribution in [1.29, 1.82) is 0 Å². The Kier molecular flexibility index (Phi) is 5.84. The number of fused-ring (bicyclic) bond motifs is 1. The third kappa shape index (κ3) is 3.59. The number of ether oxygens (including phenoxy) is 2. The summed E-state index contributed by atoms with van der Waals surface area (Å²) in [4.78, 5) is 0. The molecular formula is C24H12F8O2. The van der Waals surface area contributed by atoms with Crippen LogP contribution >= 0.6 is 0 Å². The predicted molar refractivity (Wildman–Crippen MR) is 107 cm³/mol. The van der Waals surface area contributed by atoms with Gasteiger partial charge in [0.05, 0.1) is 18.2 Å². The molecule has 10 heteroatoms. The van der Waals surface area contributed by atoms with Gasteiger partial charge in [0.15, 0.2) is 34.9 Å². The highest BCUT2D eigenvalue weighted by atomic mass is 19.2. The van der Waals surface area contributed by atoms with Crippen LogP contribution in [0.1, 0.15) is 5.56 Å². The van der Waals surface area contributed by atoms with E-state index in [2.05, 4.69) is 0 Å². The Morgan fingerprint density at radius 1 is 0.529 bits per heavy atom. The molecule has 0 heterocycles. The first-order chi connectivity index (χ1) is 16.1. The zero-order valence-corrected chi connectivity index (χ0v) is 17.3. The molecule has 2 nitrogen and oxygen atoms in total. The van der Waals surface area contributed by atoms with E-state index in [9.17, 15) is 35.1 Å². The number of rotatable bonds is 4. The lowest BCUT2D eigenvalue weighted by molar-refractivity contribution is 0.367. The molecule has 0 bridgehead atoms. The van der Waals surface area contributed by atoms with Crippen molar-refractivity contribution < 1.29 is 44.6 Å². The van der Waals surface area contributed by atoms with E-state index in [4.69, 9.17) is 9.47 Å². The summed E-state index contributed by atoms with van der Waals surface area (Å²) in [7, 11) is 1.41. The van der Waals surface area contributed by atoms with Gasteiger partial charge in [0, 0.05) is 5.56 Å². The molecule has 0 amide bonds. The van der Waals surface area contributed by atoms with Crippen LogP contribution in [0.2, 0.25) is 0 Å². The van der Waals surface area contributed by atoms with Gasteiger partial charge in [0.25, 0.3) is 0 Å². The highest BCUT2D eigenvalue weighted by Gasteiger charge is 2.34. The molecule has 0 aromatic heterocycles. The predicted octanol–water partition coefficient (Wildman–Crippen LogP) is 7.73. The Morgan fingerprint density at radius 2 is 0.971 bits per heavy atom. The maximum atomic E-state index is 14.7. The maximum absolute atomic E-state index is 14.7. The monoisotopic (exact) mass is 484 g/mol. The number of methoxy groups -OCH3 is 1. The minimum Gasteiger partial charge on any atom is -0.497 e. The van der Waals surface area contributed by atoms with Crippen LogP contribution in [-0.2, 0) is 0 Å². The molecule has 4 rings (SSSR count). The van der Waals surface area contributed by atoms with E-state index >= 15 is 0 Å². The highest BCUT2D eigenvalue weighted by Crippen LogP contribution is 2.41. The topological polar surface area (TPSA) is 18.5 Å². The quantitative estimate of drug-likeness (QED) is 0.218. The van der Waals surface area contributed by atoms with E-state index in [1.165, 1.54) is 25.3 Å². The van der Waals surface area contributed by atoms with Gasteiger partial charge in [-0.05, 0) is 42.0 Å². The fraction of sp³-hybridized carbons (Fsp3) is 0.0833. The van der Waals surface area contributed by atoms with Gasteiger partial charge in [-0.3, -0.25) is 0 Å². The number of hydrogen-bond donors (Lipinski definition) is 0. The van der Waals surface area contributed by atoms with E-state index in [0.29, 0.717) is 23.4 Å². The second-order valence-corrected chi connectivity index (χ2v) is 7.19. The van der Waals surface area contributed by atoms with Crippen LogP contribution in [0.5, 0.6) is 17.2 Å². The van der Waals surface area contributed by atoms with Crippen molar-refractivity contribution in [2.75, 3.05) is 7.11 Å². The Labute approximate surface area is 187 Å². The van der Waals surface area contributed by atoms with Crippen molar-refractivity contribution in [3.05, 3.63) is 88.5 Å². The zero-order chi connectivity index (χ0) is 24.9. The molecule has 0 fully saturated rings. The first-order valence-corrected chi connectivity index (χ1v) is 9.51. The summed E-state index contributed by atoms with van der Waals surface area (Å²) in [5.74, 6) is -18.7. The molecule has 4 aromatic rings. The van der Waals surface area contributed by atoms with Gasteiger partial charge < -0.3 is 9.47 Å². The van der Waals surface area contributed by atoms with Crippen LogP contribution < -0.4 is 9.47 Å². The second kappa shape index (κ2) is 8.51. The highest BCUT2D eigenvalue weighted by molar-refractivity contribution is 5.85. The first-order valence-electron chi connectivity index (χ1n) is 9.51. The van der Waals surface area contributed by atoms with Crippen LogP contribution in [0.4, 0.5) is 35.1 Å². The first kappa shape index (κ1) is 23.3. The Balaban J connectivity index is 1.87. The van der Waals surface area contributed by atoms with Gasteiger partial charge in [0.1, 0.15) is 11.5 Å². The number of benzene rings is 4. The fourth-order valence-electron chi connectivity index (χ4n) is 3.39. The van der Waals surface area contributed by atoms with Crippen molar-refractivity contribution >= 4 is 10.8 Å². The maximum Gasteiger partial charge on any atom is 0.205 e. The lowest BCUT2D eigenvalue weighted by Crippen LogP contribution is -2.09. The van der Waals surface area contributed by atoms with Crippen LogP contribution in [0, 0.1) is 53.5 Å². The molecule has 176 valence electrons. The summed E-state index contributed by atoms with van der Waals surface area (Å²) < 4.78 is 125. The minimum absolute atomic E-state index is 0.241. The van der Waals surface area contributed by atoms with Gasteiger partial charge in [0.2, 0.25) is 17.4 Å². The van der Waals surface area contributed by atoms with Crippen LogP contribution in [0.15, 0.2) is 36.4 Å². The molecule has 0 saturated carbocycles. The Bertz CT molecular complexity index is 1410. The standard InChI is InChI=1S/C24H12F8O2/c1-9-16(25)18(27)14(19(28)17(9)26)15-20(29)22(31)24(23(32)21(15)30)34-13-6-4-10-3-5-12(33-2)7-11(10)8-13/h3-8H,1-2H3. The van der Waals surface area contributed by atoms with E-state index in [1.807, 2.05) is 0 Å². The molecule has 34 heavy (non-hydrogen) atoms. The van der Waals surface area contributed by atoms with Gasteiger partial charge in [-0.15, -0.1) is 0 Å². The summed E-state index contributed by atoms with van der Waals surface area (Å²) in [5.41, 5.74) is -5.01. The van der Waals surface area contributed by atoms with E-state index in [-0.39, 0.29) is 5.75 Å². The third-order valence-electron chi connectivity index (χ3n) is 5.19. The number of hydrogen-bond acceptors (Lipinski definition) is 2. The SMILES string of the molecule is COc1ccc2ccc(Oc3c(F)c(F)c(-c4c(F)c(F)c(C)c(F)c4F)c(F)c3F)cc2c1. The van der Waals surface area contributed by atoms with E-state index in [1.54, 1.807) is 18.2 Å². The van der Waals surface area contributed by atoms with E-state index in [0.717, 1.165) is 0 Å². The molecule has 0 atom stereocenters. The molecule has 0 radical (unpaired) electrons. The third-order valence-corrected chi connectivity index (χ3v) is 5.19. The van der Waals surface area contributed by atoms with Crippen LogP contribution in [0.3, 0.4) is 0 Å². The smallest absolute Gasteiger partial charge is 0.205 e. The number of halogens is 8. The lowest BCUT2D eigenvalue weighted by Gasteiger charge is -2.15. The Hall–Kier alpha value is -3.82. The summed E-state index contributed by atoms with van der Waals surface area (Å²) in [6.45, 7) is 0.671. The van der Waals surface area contributed by atoms with Gasteiger partial charge in [-0.25, -0.2) is 26.3 Å².